The molecule has 1 aromatic heterocycles. The molecule has 178 valence electrons. The summed E-state index contributed by atoms with van der Waals surface area (Å²) < 4.78 is 28.9. The van der Waals surface area contributed by atoms with E-state index in [9.17, 15) is 13.2 Å². The van der Waals surface area contributed by atoms with Gasteiger partial charge in [-0.1, -0.05) is 48.1 Å². The second-order valence-corrected chi connectivity index (χ2v) is 9.82. The second kappa shape index (κ2) is 11.1. The maximum atomic E-state index is 12.4. The molecule has 35 heavy (non-hydrogen) atoms. The topological polar surface area (TPSA) is 85.4 Å². The molecule has 1 unspecified atom stereocenters. The minimum atomic E-state index is -2.40. The number of carbonyl (C=O) groups is 1. The van der Waals surface area contributed by atoms with E-state index in [2.05, 4.69) is 10.3 Å². The number of aromatic nitrogens is 1. The van der Waals surface area contributed by atoms with Crippen LogP contribution in [-0.2, 0) is 21.5 Å². The van der Waals surface area contributed by atoms with Crippen LogP contribution in [0.25, 0.3) is 11.3 Å². The third kappa shape index (κ3) is 6.44. The highest BCUT2D eigenvalue weighted by Crippen LogP contribution is 2.26. The summed E-state index contributed by atoms with van der Waals surface area (Å²) in [4.78, 5) is 17.1. The van der Waals surface area contributed by atoms with Gasteiger partial charge in [-0.2, -0.15) is 8.42 Å². The van der Waals surface area contributed by atoms with Crippen molar-refractivity contribution in [2.24, 2.45) is 5.92 Å². The zero-order valence-corrected chi connectivity index (χ0v) is 20.9. The van der Waals surface area contributed by atoms with Crippen molar-refractivity contribution in [2.45, 2.75) is 13.3 Å². The van der Waals surface area contributed by atoms with Gasteiger partial charge in [0.25, 0.3) is 0 Å². The zero-order chi connectivity index (χ0) is 24.8. The van der Waals surface area contributed by atoms with E-state index in [0.717, 1.165) is 28.1 Å². The molecule has 3 aromatic rings. The van der Waals surface area contributed by atoms with Gasteiger partial charge in [0.1, 0.15) is 5.75 Å². The van der Waals surface area contributed by atoms with E-state index < -0.39 is 16.2 Å². The number of hydrogen-bond acceptors (Lipinski definition) is 6. The maximum Gasteiger partial charge on any atom is 0.249 e. The first-order valence-electron chi connectivity index (χ1n) is 10.9. The minimum absolute atomic E-state index is 0.231. The summed E-state index contributed by atoms with van der Waals surface area (Å²) in [6, 6.07) is 15.6. The van der Waals surface area contributed by atoms with Gasteiger partial charge in [-0.15, -0.1) is 11.3 Å². The molecular weight excluding hydrogens is 480 g/mol. The Kier molecular flexibility index (Phi) is 7.74. The molecule has 0 saturated heterocycles. The molecular formula is C27H24N2O4S2. The first-order chi connectivity index (χ1) is 16.9. The van der Waals surface area contributed by atoms with Gasteiger partial charge in [0.2, 0.25) is 16.2 Å². The predicted octanol–water partition coefficient (Wildman–Crippen LogP) is 5.03. The summed E-state index contributed by atoms with van der Waals surface area (Å²) in [5, 5.41) is 5.06. The van der Waals surface area contributed by atoms with E-state index in [1.54, 1.807) is 25.3 Å². The van der Waals surface area contributed by atoms with Gasteiger partial charge in [0, 0.05) is 22.9 Å². The molecule has 6 nitrogen and oxygen atoms in total. The second-order valence-electron chi connectivity index (χ2n) is 8.02. The monoisotopic (exact) mass is 504 g/mol. The van der Waals surface area contributed by atoms with Crippen molar-refractivity contribution in [2.75, 3.05) is 12.4 Å². The highest BCUT2D eigenvalue weighted by molar-refractivity contribution is 7.73. The smallest absolute Gasteiger partial charge is 0.249 e. The lowest BCUT2D eigenvalue weighted by atomic mass is 9.92. The Balaban J connectivity index is 1.40. The quantitative estimate of drug-likeness (QED) is 0.360. The molecule has 1 aliphatic rings. The molecule has 0 saturated carbocycles. The van der Waals surface area contributed by atoms with Crippen LogP contribution < -0.4 is 10.1 Å². The lowest BCUT2D eigenvalue weighted by molar-refractivity contribution is -0.111. The Morgan fingerprint density at radius 3 is 2.57 bits per heavy atom. The number of ether oxygens (including phenoxy) is 1. The van der Waals surface area contributed by atoms with E-state index in [1.165, 1.54) is 23.0 Å². The van der Waals surface area contributed by atoms with Crippen LogP contribution in [0, 0.1) is 12.8 Å². The summed E-state index contributed by atoms with van der Waals surface area (Å²) in [6.45, 7) is 2.03. The van der Waals surface area contributed by atoms with Gasteiger partial charge >= 0.3 is 0 Å². The number of thiazole rings is 1. The molecule has 1 atom stereocenters. The van der Waals surface area contributed by atoms with E-state index in [1.807, 2.05) is 66.9 Å². The zero-order valence-electron chi connectivity index (χ0n) is 19.3. The molecule has 2 aromatic carbocycles. The van der Waals surface area contributed by atoms with Crippen LogP contribution in [0.15, 0.2) is 89.9 Å². The number of carbonyl (C=O) groups excluding carboxylic acids is 1. The van der Waals surface area contributed by atoms with Crippen LogP contribution in [-0.4, -0.2) is 31.3 Å². The average molecular weight is 505 g/mol. The molecule has 0 spiro atoms. The number of benzene rings is 2. The summed E-state index contributed by atoms with van der Waals surface area (Å²) in [5.41, 5.74) is 4.84. The lowest BCUT2D eigenvalue weighted by Crippen LogP contribution is -2.15. The number of methoxy groups -OCH3 is 1. The normalized spacial score (nSPS) is 15.2. The fourth-order valence-corrected chi connectivity index (χ4v) is 4.93. The Bertz CT molecular complexity index is 1440. The standard InChI is InChI=1S/C27H24N2O4S2/c1-18-3-5-19(6-4-18)15-20-7-8-22(25(16-20)35(31)32)11-14-26(30)29-27-28-24(17-34-27)21-9-12-23(33-2)13-10-21/h3-14,16-17,22H,15H2,1-2H3,(H,28,29,30)/b14-11+. The van der Waals surface area contributed by atoms with Crippen molar-refractivity contribution in [1.82, 2.24) is 4.98 Å². The van der Waals surface area contributed by atoms with E-state index in [4.69, 9.17) is 4.74 Å². The summed E-state index contributed by atoms with van der Waals surface area (Å²) in [5.74, 6) is -0.127. The van der Waals surface area contributed by atoms with Crippen molar-refractivity contribution in [3.05, 3.63) is 101 Å². The predicted molar refractivity (Wildman–Crippen MR) is 141 cm³/mol. The van der Waals surface area contributed by atoms with Crippen molar-refractivity contribution < 1.29 is 17.9 Å². The van der Waals surface area contributed by atoms with Gasteiger partial charge in [-0.25, -0.2) is 4.98 Å². The van der Waals surface area contributed by atoms with E-state index >= 15 is 0 Å². The average Bonchev–Trinajstić information content (AvgIpc) is 3.33. The number of anilines is 1. The fraction of sp³-hybridized carbons (Fsp3) is 0.148. The molecule has 8 heteroatoms. The van der Waals surface area contributed by atoms with Crippen LogP contribution in [0.3, 0.4) is 0 Å². The Hall–Kier alpha value is -3.75. The highest BCUT2D eigenvalue weighted by atomic mass is 32.2. The van der Waals surface area contributed by atoms with Gasteiger partial charge in [0.15, 0.2) is 5.13 Å². The van der Waals surface area contributed by atoms with Crippen LogP contribution in [0.1, 0.15) is 11.1 Å². The first kappa shape index (κ1) is 24.4. The maximum absolute atomic E-state index is 12.4. The number of amides is 1. The van der Waals surface area contributed by atoms with Crippen LogP contribution in [0.5, 0.6) is 5.75 Å². The molecule has 1 aliphatic carbocycles. The van der Waals surface area contributed by atoms with Crippen molar-refractivity contribution in [3.8, 4) is 17.0 Å². The number of nitrogens with zero attached hydrogens (tertiary/aromatic N) is 1. The van der Waals surface area contributed by atoms with Crippen molar-refractivity contribution >= 4 is 37.5 Å². The first-order valence-corrected chi connectivity index (χ1v) is 12.9. The Morgan fingerprint density at radius 1 is 1.14 bits per heavy atom. The molecule has 1 amide bonds. The summed E-state index contributed by atoms with van der Waals surface area (Å²) in [7, 11) is -0.791. The van der Waals surface area contributed by atoms with Gasteiger partial charge < -0.3 is 4.74 Å². The fourth-order valence-electron chi connectivity index (χ4n) is 3.58. The third-order valence-electron chi connectivity index (χ3n) is 5.47. The minimum Gasteiger partial charge on any atom is -0.497 e. The van der Waals surface area contributed by atoms with Gasteiger partial charge in [-0.05, 0) is 54.8 Å². The van der Waals surface area contributed by atoms with Gasteiger partial charge in [0.05, 0.1) is 17.7 Å². The Morgan fingerprint density at radius 2 is 1.89 bits per heavy atom. The number of allylic oxidation sites excluding steroid dienone is 5. The molecule has 4 rings (SSSR count). The number of rotatable bonds is 7. The molecule has 0 radical (unpaired) electrons. The number of hydrogen-bond donors (Lipinski definition) is 1. The molecule has 0 fully saturated rings. The molecule has 1 N–H and O–H groups in total. The van der Waals surface area contributed by atoms with E-state index in [0.29, 0.717) is 11.6 Å². The molecule has 1 heterocycles. The lowest BCUT2D eigenvalue weighted by Gasteiger charge is -2.14. The number of aryl methyl sites for hydroxylation is 1. The summed E-state index contributed by atoms with van der Waals surface area (Å²) in [6.07, 6.45) is 8.94. The van der Waals surface area contributed by atoms with Crippen LogP contribution in [0.4, 0.5) is 5.13 Å². The molecule has 0 bridgehead atoms. The summed E-state index contributed by atoms with van der Waals surface area (Å²) >= 11 is 1.32. The highest BCUT2D eigenvalue weighted by Gasteiger charge is 2.16. The largest absolute Gasteiger partial charge is 0.497 e. The van der Waals surface area contributed by atoms with Crippen LogP contribution in [0.2, 0.25) is 0 Å². The third-order valence-corrected chi connectivity index (χ3v) is 7.00. The molecule has 0 aliphatic heterocycles. The Labute approximate surface area is 209 Å². The van der Waals surface area contributed by atoms with Crippen LogP contribution >= 0.6 is 11.3 Å². The van der Waals surface area contributed by atoms with Crippen molar-refractivity contribution in [3.63, 3.8) is 0 Å². The van der Waals surface area contributed by atoms with E-state index in [-0.39, 0.29) is 10.8 Å². The van der Waals surface area contributed by atoms with Gasteiger partial charge in [-0.3, -0.25) is 10.1 Å². The van der Waals surface area contributed by atoms with Crippen molar-refractivity contribution in [1.29, 1.82) is 0 Å². The SMILES string of the molecule is COc1ccc(-c2csc(NC(=O)/C=C/C3C=CC(Cc4ccc(C)cc4)=CC3=S(=O)=O)n2)cc1. The number of nitrogens with one attached hydrogen (secondary N) is 1.